The Morgan fingerprint density at radius 3 is 2.60 bits per heavy atom. The second kappa shape index (κ2) is 4.90. The normalized spacial score (nSPS) is 31.1. The van der Waals surface area contributed by atoms with Crippen molar-refractivity contribution in [3.05, 3.63) is 25.3 Å². The van der Waals surface area contributed by atoms with Crippen LogP contribution in [0.15, 0.2) is 25.3 Å². The summed E-state index contributed by atoms with van der Waals surface area (Å²) in [5, 5.41) is 11.7. The van der Waals surface area contributed by atoms with Crippen LogP contribution in [0.4, 0.5) is 0 Å². The molecule has 0 bridgehead atoms. The average molecular weight is 213 g/mol. The topological polar surface area (TPSA) is 50.7 Å². The van der Waals surface area contributed by atoms with E-state index in [9.17, 15) is 0 Å². The van der Waals surface area contributed by atoms with E-state index in [2.05, 4.69) is 18.5 Å². The van der Waals surface area contributed by atoms with Crippen LogP contribution in [0, 0.1) is 0 Å². The molecule has 2 N–H and O–H groups in total. The zero-order chi connectivity index (χ0) is 11.5. The number of aliphatic hydroxyl groups is 1. The highest BCUT2D eigenvalue weighted by Crippen LogP contribution is 2.30. The molecule has 3 atom stereocenters. The molecular weight excluding hydrogens is 194 g/mol. The van der Waals surface area contributed by atoms with E-state index in [4.69, 9.17) is 14.6 Å². The molecule has 86 valence electrons. The first kappa shape index (κ1) is 12.4. The Morgan fingerprint density at radius 1 is 1.47 bits per heavy atom. The zero-order valence-corrected chi connectivity index (χ0v) is 9.27. The molecule has 4 nitrogen and oxygen atoms in total. The first-order valence-corrected chi connectivity index (χ1v) is 4.99. The van der Waals surface area contributed by atoms with Gasteiger partial charge in [0.1, 0.15) is 12.2 Å². The molecule has 1 rings (SSSR count). The van der Waals surface area contributed by atoms with Gasteiger partial charge in [0.25, 0.3) is 0 Å². The van der Waals surface area contributed by atoms with Crippen molar-refractivity contribution in [2.24, 2.45) is 0 Å². The molecule has 15 heavy (non-hydrogen) atoms. The Labute approximate surface area is 90.6 Å². The highest BCUT2D eigenvalue weighted by atomic mass is 16.8. The van der Waals surface area contributed by atoms with Crippen molar-refractivity contribution < 1.29 is 14.6 Å². The highest BCUT2D eigenvalue weighted by molar-refractivity contribution is 5.03. The Hall–Kier alpha value is -0.680. The number of hydrogen-bond donors (Lipinski definition) is 2. The minimum atomic E-state index is -0.623. The van der Waals surface area contributed by atoms with Crippen LogP contribution in [0.5, 0.6) is 0 Å². The van der Waals surface area contributed by atoms with Gasteiger partial charge >= 0.3 is 0 Å². The Kier molecular flexibility index (Phi) is 4.04. The number of aliphatic hydroxyl groups excluding tert-OH is 1. The van der Waals surface area contributed by atoms with Crippen molar-refractivity contribution in [3.8, 4) is 0 Å². The first-order chi connectivity index (χ1) is 7.04. The summed E-state index contributed by atoms with van der Waals surface area (Å²) in [5.74, 6) is -0.623. The Morgan fingerprint density at radius 2 is 2.13 bits per heavy atom. The van der Waals surface area contributed by atoms with Gasteiger partial charge in [0.05, 0.1) is 12.8 Å². The van der Waals surface area contributed by atoms with Crippen molar-refractivity contribution >= 4 is 0 Å². The monoisotopic (exact) mass is 213 g/mol. The van der Waals surface area contributed by atoms with Crippen LogP contribution in [-0.4, -0.2) is 35.9 Å². The molecule has 0 spiro atoms. The van der Waals surface area contributed by atoms with E-state index in [0.29, 0.717) is 0 Å². The third kappa shape index (κ3) is 2.89. The average Bonchev–Trinajstić information content (AvgIpc) is 2.50. The minimum Gasteiger partial charge on any atom is -0.381 e. The van der Waals surface area contributed by atoms with Crippen LogP contribution >= 0.6 is 0 Å². The SMILES string of the molecule is C=CC(NCO)C1OC(C)(C)OC1C=C. The van der Waals surface area contributed by atoms with Gasteiger partial charge in [0, 0.05) is 0 Å². The maximum atomic E-state index is 8.84. The molecule has 1 fully saturated rings. The van der Waals surface area contributed by atoms with Gasteiger partial charge < -0.3 is 14.6 Å². The maximum Gasteiger partial charge on any atom is 0.164 e. The molecule has 1 aliphatic heterocycles. The number of rotatable bonds is 5. The quantitative estimate of drug-likeness (QED) is 0.523. The van der Waals surface area contributed by atoms with Gasteiger partial charge in [-0.1, -0.05) is 12.2 Å². The molecule has 3 unspecified atom stereocenters. The van der Waals surface area contributed by atoms with E-state index in [1.807, 2.05) is 13.8 Å². The van der Waals surface area contributed by atoms with E-state index >= 15 is 0 Å². The van der Waals surface area contributed by atoms with Crippen LogP contribution in [-0.2, 0) is 9.47 Å². The van der Waals surface area contributed by atoms with E-state index in [1.165, 1.54) is 0 Å². The smallest absolute Gasteiger partial charge is 0.164 e. The molecule has 0 saturated carbocycles. The molecule has 0 radical (unpaired) electrons. The van der Waals surface area contributed by atoms with E-state index in [-0.39, 0.29) is 25.0 Å². The number of nitrogens with one attached hydrogen (secondary N) is 1. The Bertz CT molecular complexity index is 240. The lowest BCUT2D eigenvalue weighted by Crippen LogP contribution is -2.43. The highest BCUT2D eigenvalue weighted by Gasteiger charge is 2.42. The van der Waals surface area contributed by atoms with E-state index in [1.54, 1.807) is 12.2 Å². The summed E-state index contributed by atoms with van der Waals surface area (Å²) in [4.78, 5) is 0. The third-order valence-electron chi connectivity index (χ3n) is 2.33. The summed E-state index contributed by atoms with van der Waals surface area (Å²) >= 11 is 0. The van der Waals surface area contributed by atoms with Crippen LogP contribution < -0.4 is 5.32 Å². The maximum absolute atomic E-state index is 8.84. The summed E-state index contributed by atoms with van der Waals surface area (Å²) < 4.78 is 11.3. The van der Waals surface area contributed by atoms with Gasteiger partial charge in [-0.3, -0.25) is 5.32 Å². The van der Waals surface area contributed by atoms with Crippen molar-refractivity contribution in [2.75, 3.05) is 6.73 Å². The van der Waals surface area contributed by atoms with E-state index < -0.39 is 5.79 Å². The van der Waals surface area contributed by atoms with Crippen molar-refractivity contribution in [3.63, 3.8) is 0 Å². The van der Waals surface area contributed by atoms with Gasteiger partial charge in [-0.05, 0) is 13.8 Å². The fourth-order valence-electron chi connectivity index (χ4n) is 1.72. The lowest BCUT2D eigenvalue weighted by atomic mass is 10.1. The predicted molar refractivity (Wildman–Crippen MR) is 58.2 cm³/mol. The van der Waals surface area contributed by atoms with Crippen molar-refractivity contribution in [1.29, 1.82) is 0 Å². The zero-order valence-electron chi connectivity index (χ0n) is 9.27. The van der Waals surface area contributed by atoms with Crippen LogP contribution in [0.3, 0.4) is 0 Å². The van der Waals surface area contributed by atoms with Crippen molar-refractivity contribution in [1.82, 2.24) is 5.32 Å². The first-order valence-electron chi connectivity index (χ1n) is 4.99. The molecule has 0 amide bonds. The largest absolute Gasteiger partial charge is 0.381 e. The lowest BCUT2D eigenvalue weighted by molar-refractivity contribution is -0.144. The van der Waals surface area contributed by atoms with Gasteiger partial charge in [-0.15, -0.1) is 13.2 Å². The molecule has 0 aromatic carbocycles. The molecule has 4 heteroatoms. The second-order valence-corrected chi connectivity index (χ2v) is 3.92. The van der Waals surface area contributed by atoms with Gasteiger partial charge in [0.15, 0.2) is 5.79 Å². The van der Waals surface area contributed by atoms with Crippen molar-refractivity contribution in [2.45, 2.75) is 37.9 Å². The summed E-state index contributed by atoms with van der Waals surface area (Å²) in [6.07, 6.45) is 3.00. The molecule has 0 aliphatic carbocycles. The van der Waals surface area contributed by atoms with Crippen LogP contribution in [0.25, 0.3) is 0 Å². The van der Waals surface area contributed by atoms with E-state index in [0.717, 1.165) is 0 Å². The molecule has 1 saturated heterocycles. The minimum absolute atomic E-state index is 0.124. The van der Waals surface area contributed by atoms with Gasteiger partial charge in [-0.25, -0.2) is 0 Å². The molecule has 1 aliphatic rings. The summed E-state index contributed by atoms with van der Waals surface area (Å²) in [6, 6.07) is -0.153. The van der Waals surface area contributed by atoms with Gasteiger partial charge in [-0.2, -0.15) is 0 Å². The fourth-order valence-corrected chi connectivity index (χ4v) is 1.72. The number of hydrogen-bond acceptors (Lipinski definition) is 4. The van der Waals surface area contributed by atoms with Crippen LogP contribution in [0.2, 0.25) is 0 Å². The predicted octanol–water partition coefficient (Wildman–Crippen LogP) is 0.786. The lowest BCUT2D eigenvalue weighted by Gasteiger charge is -2.23. The van der Waals surface area contributed by atoms with Crippen LogP contribution in [0.1, 0.15) is 13.8 Å². The summed E-state index contributed by atoms with van der Waals surface area (Å²) in [5.41, 5.74) is 0. The molecular formula is C11H19NO3. The Balaban J connectivity index is 2.74. The molecule has 1 heterocycles. The summed E-state index contributed by atoms with van der Waals surface area (Å²) in [7, 11) is 0. The number of ether oxygens (including phenoxy) is 2. The fraction of sp³-hybridized carbons (Fsp3) is 0.636. The van der Waals surface area contributed by atoms with Gasteiger partial charge in [0.2, 0.25) is 0 Å². The standard InChI is InChI=1S/C11H19NO3/c1-5-8(12-7-13)10-9(6-2)14-11(3,4)15-10/h5-6,8-10,12-13H,1-2,7H2,3-4H3. The molecule has 0 aromatic heterocycles. The molecule has 0 aromatic rings. The third-order valence-corrected chi connectivity index (χ3v) is 2.33. The summed E-state index contributed by atoms with van der Waals surface area (Å²) in [6.45, 7) is 11.0. The second-order valence-electron chi connectivity index (χ2n) is 3.92.